The molecule has 0 spiro atoms. The molecule has 0 atom stereocenters. The third-order valence-electron chi connectivity index (χ3n) is 2.55. The molecular formula is C14H20O2. The van der Waals surface area contributed by atoms with Crippen LogP contribution in [0.2, 0.25) is 0 Å². The summed E-state index contributed by atoms with van der Waals surface area (Å²) >= 11 is 0. The van der Waals surface area contributed by atoms with Gasteiger partial charge in [0, 0.05) is 0 Å². The van der Waals surface area contributed by atoms with Crippen molar-refractivity contribution in [3.63, 3.8) is 0 Å². The molecule has 1 aromatic rings. The highest BCUT2D eigenvalue weighted by atomic mass is 16.5. The Labute approximate surface area is 97.6 Å². The van der Waals surface area contributed by atoms with Crippen molar-refractivity contribution < 1.29 is 9.53 Å². The number of hydrogen-bond acceptors (Lipinski definition) is 2. The third-order valence-corrected chi connectivity index (χ3v) is 2.55. The fourth-order valence-corrected chi connectivity index (χ4v) is 1.26. The third kappa shape index (κ3) is 3.37. The van der Waals surface area contributed by atoms with E-state index >= 15 is 0 Å². The Hall–Kier alpha value is -1.31. The first-order chi connectivity index (χ1) is 7.30. The van der Waals surface area contributed by atoms with E-state index in [0.717, 1.165) is 5.56 Å². The summed E-state index contributed by atoms with van der Waals surface area (Å²) in [6.45, 7) is 10.1. The molecule has 0 aliphatic heterocycles. The van der Waals surface area contributed by atoms with E-state index in [1.54, 1.807) is 0 Å². The van der Waals surface area contributed by atoms with E-state index in [0.29, 0.717) is 6.61 Å². The lowest BCUT2D eigenvalue weighted by molar-refractivity contribution is -0.154. The quantitative estimate of drug-likeness (QED) is 0.714. The molecule has 0 saturated carbocycles. The van der Waals surface area contributed by atoms with Gasteiger partial charge >= 0.3 is 5.97 Å². The molecule has 1 rings (SSSR count). The number of aryl methyl sites for hydroxylation is 2. The monoisotopic (exact) mass is 220 g/mol. The SMILES string of the molecule is Cc1ccc(COC(=O)C(C)(C)C)cc1C. The Kier molecular flexibility index (Phi) is 3.74. The van der Waals surface area contributed by atoms with Crippen molar-refractivity contribution >= 4 is 5.97 Å². The lowest BCUT2D eigenvalue weighted by Crippen LogP contribution is -2.22. The summed E-state index contributed by atoms with van der Waals surface area (Å²) < 4.78 is 5.25. The van der Waals surface area contributed by atoms with Crippen LogP contribution in [-0.2, 0) is 16.1 Å². The highest BCUT2D eigenvalue weighted by Gasteiger charge is 2.22. The zero-order valence-electron chi connectivity index (χ0n) is 10.8. The fourth-order valence-electron chi connectivity index (χ4n) is 1.26. The molecule has 0 fully saturated rings. The molecule has 0 unspecified atom stereocenters. The Morgan fingerprint density at radius 2 is 1.81 bits per heavy atom. The van der Waals surface area contributed by atoms with Gasteiger partial charge in [-0.25, -0.2) is 0 Å². The first-order valence-electron chi connectivity index (χ1n) is 5.54. The molecule has 88 valence electrons. The average molecular weight is 220 g/mol. The molecule has 0 heterocycles. The maximum Gasteiger partial charge on any atom is 0.311 e. The number of benzene rings is 1. The van der Waals surface area contributed by atoms with Crippen LogP contribution in [0.5, 0.6) is 0 Å². The standard InChI is InChI=1S/C14H20O2/c1-10-6-7-12(8-11(10)2)9-16-13(15)14(3,4)5/h6-8H,9H2,1-5H3. The molecule has 0 aromatic heterocycles. The number of carbonyl (C=O) groups is 1. The van der Waals surface area contributed by atoms with Crippen LogP contribution in [0.4, 0.5) is 0 Å². The number of hydrogen-bond donors (Lipinski definition) is 0. The van der Waals surface area contributed by atoms with Crippen LogP contribution in [0.15, 0.2) is 18.2 Å². The number of rotatable bonds is 2. The minimum absolute atomic E-state index is 0.161. The van der Waals surface area contributed by atoms with Crippen molar-refractivity contribution in [1.29, 1.82) is 0 Å². The average Bonchev–Trinajstić information content (AvgIpc) is 2.18. The summed E-state index contributed by atoms with van der Waals surface area (Å²) in [6.07, 6.45) is 0. The molecular weight excluding hydrogens is 200 g/mol. The molecule has 1 aromatic carbocycles. The lowest BCUT2D eigenvalue weighted by Gasteiger charge is -2.16. The predicted molar refractivity (Wildman–Crippen MR) is 65.2 cm³/mol. The highest BCUT2D eigenvalue weighted by molar-refractivity contribution is 5.75. The molecule has 0 bridgehead atoms. The van der Waals surface area contributed by atoms with Crippen LogP contribution >= 0.6 is 0 Å². The molecule has 0 aliphatic rings. The fraction of sp³-hybridized carbons (Fsp3) is 0.500. The summed E-state index contributed by atoms with van der Waals surface area (Å²) in [7, 11) is 0. The van der Waals surface area contributed by atoms with Crippen molar-refractivity contribution in [1.82, 2.24) is 0 Å². The second-order valence-electron chi connectivity index (χ2n) is 5.24. The zero-order chi connectivity index (χ0) is 12.3. The zero-order valence-corrected chi connectivity index (χ0v) is 10.8. The van der Waals surface area contributed by atoms with E-state index in [9.17, 15) is 4.79 Å². The Bertz CT molecular complexity index is 386. The predicted octanol–water partition coefficient (Wildman–Crippen LogP) is 3.39. The summed E-state index contributed by atoms with van der Waals surface area (Å²) in [5, 5.41) is 0. The van der Waals surface area contributed by atoms with Crippen LogP contribution < -0.4 is 0 Å². The van der Waals surface area contributed by atoms with Crippen LogP contribution in [0.3, 0.4) is 0 Å². The molecule has 2 heteroatoms. The van der Waals surface area contributed by atoms with Gasteiger partial charge in [0.05, 0.1) is 5.41 Å². The second-order valence-corrected chi connectivity index (χ2v) is 5.24. The Morgan fingerprint density at radius 1 is 1.19 bits per heavy atom. The molecule has 0 amide bonds. The molecule has 2 nitrogen and oxygen atoms in total. The Balaban J connectivity index is 2.62. The van der Waals surface area contributed by atoms with Gasteiger partial charge < -0.3 is 4.74 Å². The van der Waals surface area contributed by atoms with Gasteiger partial charge in [0.15, 0.2) is 0 Å². The highest BCUT2D eigenvalue weighted by Crippen LogP contribution is 2.17. The number of esters is 1. The van der Waals surface area contributed by atoms with Gasteiger partial charge in [0.1, 0.15) is 6.61 Å². The second kappa shape index (κ2) is 4.69. The van der Waals surface area contributed by atoms with E-state index in [4.69, 9.17) is 4.74 Å². The van der Waals surface area contributed by atoms with Crippen molar-refractivity contribution in [2.24, 2.45) is 5.41 Å². The minimum atomic E-state index is -0.431. The number of carbonyl (C=O) groups excluding carboxylic acids is 1. The smallest absolute Gasteiger partial charge is 0.311 e. The topological polar surface area (TPSA) is 26.3 Å². The maximum atomic E-state index is 11.6. The van der Waals surface area contributed by atoms with E-state index in [-0.39, 0.29) is 5.97 Å². The number of ether oxygens (including phenoxy) is 1. The van der Waals surface area contributed by atoms with Gasteiger partial charge in [-0.2, -0.15) is 0 Å². The van der Waals surface area contributed by atoms with Gasteiger partial charge in [-0.1, -0.05) is 18.2 Å². The summed E-state index contributed by atoms with van der Waals surface area (Å²) in [4.78, 5) is 11.6. The van der Waals surface area contributed by atoms with Crippen molar-refractivity contribution in [3.8, 4) is 0 Å². The Morgan fingerprint density at radius 3 is 2.31 bits per heavy atom. The first kappa shape index (κ1) is 12.8. The largest absolute Gasteiger partial charge is 0.460 e. The van der Waals surface area contributed by atoms with Gasteiger partial charge in [0.2, 0.25) is 0 Å². The van der Waals surface area contributed by atoms with Crippen LogP contribution in [-0.4, -0.2) is 5.97 Å². The van der Waals surface area contributed by atoms with Crippen molar-refractivity contribution in [2.45, 2.75) is 41.2 Å². The van der Waals surface area contributed by atoms with E-state index in [1.165, 1.54) is 11.1 Å². The van der Waals surface area contributed by atoms with E-state index < -0.39 is 5.41 Å². The van der Waals surface area contributed by atoms with Crippen LogP contribution in [0.1, 0.15) is 37.5 Å². The van der Waals surface area contributed by atoms with Crippen LogP contribution in [0, 0.1) is 19.3 Å². The summed E-state index contributed by atoms with van der Waals surface area (Å²) in [5.74, 6) is -0.161. The normalized spacial score (nSPS) is 11.3. The van der Waals surface area contributed by atoms with Crippen LogP contribution in [0.25, 0.3) is 0 Å². The van der Waals surface area contributed by atoms with E-state index in [2.05, 4.69) is 26.0 Å². The molecule has 16 heavy (non-hydrogen) atoms. The summed E-state index contributed by atoms with van der Waals surface area (Å²) in [6, 6.07) is 6.11. The van der Waals surface area contributed by atoms with Gasteiger partial charge in [0.25, 0.3) is 0 Å². The van der Waals surface area contributed by atoms with Gasteiger partial charge in [-0.15, -0.1) is 0 Å². The van der Waals surface area contributed by atoms with Crippen molar-refractivity contribution in [3.05, 3.63) is 34.9 Å². The molecule has 0 saturated heterocycles. The van der Waals surface area contributed by atoms with Crippen molar-refractivity contribution in [2.75, 3.05) is 0 Å². The lowest BCUT2D eigenvalue weighted by atomic mass is 9.97. The first-order valence-corrected chi connectivity index (χ1v) is 5.54. The summed E-state index contributed by atoms with van der Waals surface area (Å²) in [5.41, 5.74) is 3.09. The molecule has 0 N–H and O–H groups in total. The molecule has 0 aliphatic carbocycles. The maximum absolute atomic E-state index is 11.6. The van der Waals surface area contributed by atoms with Gasteiger partial charge in [-0.05, 0) is 51.3 Å². The minimum Gasteiger partial charge on any atom is -0.460 e. The van der Waals surface area contributed by atoms with Gasteiger partial charge in [-0.3, -0.25) is 4.79 Å². The molecule has 0 radical (unpaired) electrons. The van der Waals surface area contributed by atoms with E-state index in [1.807, 2.05) is 26.8 Å².